The van der Waals surface area contributed by atoms with Crippen LogP contribution in [0, 0.1) is 5.82 Å². The first-order valence-corrected chi connectivity index (χ1v) is 8.07. The van der Waals surface area contributed by atoms with Crippen molar-refractivity contribution in [2.75, 3.05) is 0 Å². The standard InChI is InChI=1S/C22H18FNO/c23-20-14-8-7-9-17(20)15-16-21(25)24-22(18-10-3-1-4-11-18)19-12-5-2-6-13-19/h1-16,22H,(H,24,25)/b16-15+. The van der Waals surface area contributed by atoms with Gasteiger partial charge in [0.1, 0.15) is 5.82 Å². The van der Waals surface area contributed by atoms with Crippen molar-refractivity contribution in [1.29, 1.82) is 0 Å². The van der Waals surface area contributed by atoms with E-state index >= 15 is 0 Å². The van der Waals surface area contributed by atoms with Crippen molar-refractivity contribution in [3.63, 3.8) is 0 Å². The lowest BCUT2D eigenvalue weighted by Gasteiger charge is -2.19. The molecule has 0 bridgehead atoms. The summed E-state index contributed by atoms with van der Waals surface area (Å²) in [5.41, 5.74) is 2.36. The van der Waals surface area contributed by atoms with Crippen LogP contribution in [0.2, 0.25) is 0 Å². The molecule has 3 heteroatoms. The van der Waals surface area contributed by atoms with Crippen molar-refractivity contribution in [1.82, 2.24) is 5.32 Å². The van der Waals surface area contributed by atoms with Gasteiger partial charge in [-0.05, 0) is 23.3 Å². The van der Waals surface area contributed by atoms with Gasteiger partial charge in [0.05, 0.1) is 6.04 Å². The molecule has 2 nitrogen and oxygen atoms in total. The molecule has 0 aliphatic heterocycles. The first-order chi connectivity index (χ1) is 12.2. The molecule has 0 aliphatic carbocycles. The number of nitrogens with one attached hydrogen (secondary N) is 1. The first-order valence-electron chi connectivity index (χ1n) is 8.07. The highest BCUT2D eigenvalue weighted by atomic mass is 19.1. The van der Waals surface area contributed by atoms with Crippen LogP contribution in [0.15, 0.2) is 91.0 Å². The minimum absolute atomic E-state index is 0.264. The highest BCUT2D eigenvalue weighted by Crippen LogP contribution is 2.21. The van der Waals surface area contributed by atoms with Gasteiger partial charge >= 0.3 is 0 Å². The highest BCUT2D eigenvalue weighted by molar-refractivity contribution is 5.92. The third kappa shape index (κ3) is 4.42. The zero-order valence-electron chi connectivity index (χ0n) is 13.6. The Labute approximate surface area is 146 Å². The summed E-state index contributed by atoms with van der Waals surface area (Å²) in [6.45, 7) is 0. The van der Waals surface area contributed by atoms with Crippen LogP contribution in [0.3, 0.4) is 0 Å². The molecule has 3 aromatic rings. The summed E-state index contributed by atoms with van der Waals surface area (Å²) in [4.78, 5) is 12.4. The molecule has 3 aromatic carbocycles. The minimum atomic E-state index is -0.353. The summed E-state index contributed by atoms with van der Waals surface area (Å²) in [7, 11) is 0. The van der Waals surface area contributed by atoms with Crippen LogP contribution in [0.1, 0.15) is 22.7 Å². The van der Waals surface area contributed by atoms with Gasteiger partial charge in [0.2, 0.25) is 5.91 Å². The third-order valence-corrected chi connectivity index (χ3v) is 3.87. The second kappa shape index (κ2) is 8.06. The fourth-order valence-electron chi connectivity index (χ4n) is 2.62. The van der Waals surface area contributed by atoms with E-state index in [4.69, 9.17) is 0 Å². The maximum atomic E-state index is 13.6. The molecule has 0 unspecified atom stereocenters. The van der Waals surface area contributed by atoms with Crippen LogP contribution in [0.4, 0.5) is 4.39 Å². The molecule has 0 aromatic heterocycles. The molecule has 25 heavy (non-hydrogen) atoms. The van der Waals surface area contributed by atoms with Gasteiger partial charge in [-0.2, -0.15) is 0 Å². The number of hydrogen-bond donors (Lipinski definition) is 1. The molecule has 1 N–H and O–H groups in total. The molecule has 0 saturated heterocycles. The normalized spacial score (nSPS) is 11.0. The zero-order chi connectivity index (χ0) is 17.5. The summed E-state index contributed by atoms with van der Waals surface area (Å²) in [6, 6.07) is 25.6. The van der Waals surface area contributed by atoms with Gasteiger partial charge in [0.25, 0.3) is 0 Å². The topological polar surface area (TPSA) is 29.1 Å². The number of carbonyl (C=O) groups is 1. The number of rotatable bonds is 5. The van der Waals surface area contributed by atoms with Crippen LogP contribution in [-0.2, 0) is 4.79 Å². The number of carbonyl (C=O) groups excluding carboxylic acids is 1. The van der Waals surface area contributed by atoms with Crippen LogP contribution in [0.5, 0.6) is 0 Å². The Morgan fingerprint density at radius 2 is 1.32 bits per heavy atom. The molecule has 0 aliphatic rings. The zero-order valence-corrected chi connectivity index (χ0v) is 13.6. The van der Waals surface area contributed by atoms with Gasteiger partial charge in [0, 0.05) is 11.6 Å². The molecule has 3 rings (SSSR count). The van der Waals surface area contributed by atoms with E-state index in [0.717, 1.165) is 11.1 Å². The lowest BCUT2D eigenvalue weighted by molar-refractivity contribution is -0.116. The van der Waals surface area contributed by atoms with Gasteiger partial charge in [0.15, 0.2) is 0 Å². The maximum Gasteiger partial charge on any atom is 0.244 e. The summed E-state index contributed by atoms with van der Waals surface area (Å²) in [5.74, 6) is -0.629. The smallest absolute Gasteiger partial charge is 0.244 e. The van der Waals surface area contributed by atoms with Crippen molar-refractivity contribution < 1.29 is 9.18 Å². The van der Waals surface area contributed by atoms with Crippen LogP contribution < -0.4 is 5.32 Å². The van der Waals surface area contributed by atoms with Crippen molar-refractivity contribution >= 4 is 12.0 Å². The summed E-state index contributed by atoms with van der Waals surface area (Å²) >= 11 is 0. The van der Waals surface area contributed by atoms with E-state index in [9.17, 15) is 9.18 Å². The Morgan fingerprint density at radius 3 is 1.88 bits per heavy atom. The van der Waals surface area contributed by atoms with Crippen LogP contribution in [-0.4, -0.2) is 5.91 Å². The summed E-state index contributed by atoms with van der Waals surface area (Å²) in [5, 5.41) is 2.99. The van der Waals surface area contributed by atoms with E-state index in [1.165, 1.54) is 18.2 Å². The molecule has 124 valence electrons. The van der Waals surface area contributed by atoms with E-state index in [2.05, 4.69) is 5.32 Å². The number of benzene rings is 3. The van der Waals surface area contributed by atoms with Gasteiger partial charge in [-0.3, -0.25) is 4.79 Å². The highest BCUT2D eigenvalue weighted by Gasteiger charge is 2.15. The largest absolute Gasteiger partial charge is 0.342 e. The Morgan fingerprint density at radius 1 is 0.800 bits per heavy atom. The SMILES string of the molecule is O=C(/C=C/c1ccccc1F)NC(c1ccccc1)c1ccccc1. The lowest BCUT2D eigenvalue weighted by Crippen LogP contribution is -2.27. The quantitative estimate of drug-likeness (QED) is 0.672. The average Bonchev–Trinajstić information content (AvgIpc) is 2.67. The summed E-state index contributed by atoms with van der Waals surface area (Å²) < 4.78 is 13.6. The second-order valence-electron chi connectivity index (χ2n) is 5.62. The lowest BCUT2D eigenvalue weighted by atomic mass is 9.98. The fourth-order valence-corrected chi connectivity index (χ4v) is 2.62. The number of halogens is 1. The Balaban J connectivity index is 1.81. The molecule has 0 heterocycles. The predicted octanol–water partition coefficient (Wildman–Crippen LogP) is 4.74. The van der Waals surface area contributed by atoms with E-state index in [1.807, 2.05) is 60.7 Å². The van der Waals surface area contributed by atoms with Gasteiger partial charge in [-0.1, -0.05) is 78.9 Å². The van der Waals surface area contributed by atoms with Crippen molar-refractivity contribution in [3.05, 3.63) is 114 Å². The third-order valence-electron chi connectivity index (χ3n) is 3.87. The van der Waals surface area contributed by atoms with Gasteiger partial charge in [-0.25, -0.2) is 4.39 Å². The van der Waals surface area contributed by atoms with E-state index in [-0.39, 0.29) is 17.8 Å². The van der Waals surface area contributed by atoms with E-state index in [1.54, 1.807) is 18.2 Å². The molecule has 0 fully saturated rings. The molecular weight excluding hydrogens is 313 g/mol. The Bertz CT molecular complexity index is 820. The molecule has 1 amide bonds. The molecule has 0 spiro atoms. The maximum absolute atomic E-state index is 13.6. The predicted molar refractivity (Wildman–Crippen MR) is 98.3 cm³/mol. The Kier molecular flexibility index (Phi) is 5.37. The fraction of sp³-hybridized carbons (Fsp3) is 0.0455. The molecule has 0 saturated carbocycles. The van der Waals surface area contributed by atoms with E-state index in [0.29, 0.717) is 5.56 Å². The summed E-state index contributed by atoms with van der Waals surface area (Å²) in [6.07, 6.45) is 2.84. The van der Waals surface area contributed by atoms with E-state index < -0.39 is 0 Å². The van der Waals surface area contributed by atoms with Gasteiger partial charge < -0.3 is 5.32 Å². The minimum Gasteiger partial charge on any atom is -0.342 e. The second-order valence-corrected chi connectivity index (χ2v) is 5.62. The van der Waals surface area contributed by atoms with Crippen molar-refractivity contribution in [2.24, 2.45) is 0 Å². The monoisotopic (exact) mass is 331 g/mol. The number of amides is 1. The van der Waals surface area contributed by atoms with Crippen LogP contribution >= 0.6 is 0 Å². The van der Waals surface area contributed by atoms with Gasteiger partial charge in [-0.15, -0.1) is 0 Å². The average molecular weight is 331 g/mol. The molecular formula is C22H18FNO. The molecule has 0 radical (unpaired) electrons. The number of hydrogen-bond acceptors (Lipinski definition) is 1. The Hall–Kier alpha value is -3.20. The van der Waals surface area contributed by atoms with Crippen molar-refractivity contribution in [2.45, 2.75) is 6.04 Å². The van der Waals surface area contributed by atoms with Crippen molar-refractivity contribution in [3.8, 4) is 0 Å². The molecule has 0 atom stereocenters. The first kappa shape index (κ1) is 16.7. The van der Waals surface area contributed by atoms with Crippen LogP contribution in [0.25, 0.3) is 6.08 Å².